The Morgan fingerprint density at radius 3 is 1.29 bits per heavy atom. The molecular weight excluding hydrogens is 915 g/mol. The number of aliphatic carboxylic acids is 2. The predicted molar refractivity (Wildman–Crippen MR) is 245 cm³/mol. The molecule has 28 heteroatoms. The van der Waals surface area contributed by atoms with Crippen LogP contribution in [0.2, 0.25) is 0 Å². The molecule has 0 heterocycles. The number of aliphatic imine (C=N–C) groups is 1. The lowest BCUT2D eigenvalue weighted by molar-refractivity contribution is -0.142. The molecule has 0 spiro atoms. The van der Waals surface area contributed by atoms with E-state index in [-0.39, 0.29) is 50.5 Å². The maximum atomic E-state index is 13.8. The Morgan fingerprint density at radius 2 is 0.899 bits per heavy atom. The third-order valence-corrected chi connectivity index (χ3v) is 9.83. The van der Waals surface area contributed by atoms with Crippen molar-refractivity contribution in [1.82, 2.24) is 42.5 Å². The Kier molecular flexibility index (Phi) is 29.0. The Hall–Kier alpha value is -6.68. The molecule has 0 bridgehead atoms. The molecule has 0 saturated heterocycles. The van der Waals surface area contributed by atoms with E-state index in [0.717, 1.165) is 13.8 Å². The van der Waals surface area contributed by atoms with Gasteiger partial charge in [0.05, 0.1) is 25.6 Å². The molecule has 0 aliphatic rings. The van der Waals surface area contributed by atoms with Crippen LogP contribution < -0.4 is 65.5 Å². The number of carboxylic acids is 2. The van der Waals surface area contributed by atoms with Crippen LogP contribution >= 0.6 is 0 Å². The first kappa shape index (κ1) is 62.3. The van der Waals surface area contributed by atoms with Gasteiger partial charge in [0.25, 0.3) is 0 Å². The average Bonchev–Trinajstić information content (AvgIpc) is 3.22. The summed E-state index contributed by atoms with van der Waals surface area (Å²) < 4.78 is 0. The van der Waals surface area contributed by atoms with E-state index >= 15 is 0 Å². The molecule has 0 aromatic heterocycles. The standard InChI is InChI=1S/C41H73N13O15/c1-19(2)14-25(35(64)48-23(33(43)62)10-7-8-12-42)50-39(68)29(18-55)53-38(67)27(16-30(58)59)51-36(65)26(15-20(3)4)49-37(66)28(17-31(60)61)52-40(69)32(21(5)56)54-34(63)24(47-22(6)57)11-9-13-46-41(44)45/h19-21,23-29,32,55-56H,7-18,42H2,1-6H3,(H2,43,62)(H,47,57)(H,48,64)(H,49,66)(H,50,68)(H,51,65)(H,52,69)(H,53,67)(H,54,63)(H,58,59)(H,60,61)(H4,44,45,46)/t21-,23+,24+,25+,26+,27+,28+,29+,32+/m1/s1. The molecule has 0 aliphatic heterocycles. The molecule has 0 aliphatic carbocycles. The predicted octanol–water partition coefficient (Wildman–Crippen LogP) is -6.03. The summed E-state index contributed by atoms with van der Waals surface area (Å²) in [6, 6.07) is -12.9. The van der Waals surface area contributed by atoms with Crippen LogP contribution in [0.4, 0.5) is 0 Å². The summed E-state index contributed by atoms with van der Waals surface area (Å²) >= 11 is 0. The highest BCUT2D eigenvalue weighted by atomic mass is 16.4. The molecular formula is C41H73N13O15. The molecule has 0 saturated carbocycles. The third-order valence-electron chi connectivity index (χ3n) is 9.83. The van der Waals surface area contributed by atoms with E-state index in [1.807, 2.05) is 0 Å². The number of aliphatic hydroxyl groups excluding tert-OH is 2. The fourth-order valence-electron chi connectivity index (χ4n) is 6.45. The SMILES string of the molecule is CC(=O)N[C@@H](CCCN=C(N)N)C(=O)N[C@H](C(=O)N[C@@H](CC(=O)O)C(=O)N[C@@H](CC(C)C)C(=O)N[C@@H](CC(=O)O)C(=O)N[C@@H](CO)C(=O)N[C@@H](CC(C)C)C(=O)N[C@@H](CCCCN)C(N)=O)[C@@H](C)O. The van der Waals surface area contributed by atoms with Gasteiger partial charge in [-0.1, -0.05) is 27.7 Å². The topological polar surface area (TPSA) is 481 Å². The number of carboxylic acid groups (broad SMARTS) is 2. The van der Waals surface area contributed by atoms with Crippen LogP contribution in [-0.4, -0.2) is 166 Å². The summed E-state index contributed by atoms with van der Waals surface area (Å²) in [5.74, 6) is -13.4. The minimum atomic E-state index is -1.97. The van der Waals surface area contributed by atoms with Gasteiger partial charge in [0.2, 0.25) is 53.2 Å². The second-order valence-electron chi connectivity index (χ2n) is 17.1. The fourth-order valence-corrected chi connectivity index (χ4v) is 6.45. The molecule has 392 valence electrons. The van der Waals surface area contributed by atoms with Crippen LogP contribution in [0, 0.1) is 11.8 Å². The summed E-state index contributed by atoms with van der Waals surface area (Å²) in [4.78, 5) is 146. The molecule has 28 nitrogen and oxygen atoms in total. The number of primary amides is 1. The quantitative estimate of drug-likeness (QED) is 0.0162. The van der Waals surface area contributed by atoms with Crippen molar-refractivity contribution in [2.75, 3.05) is 19.7 Å². The minimum Gasteiger partial charge on any atom is -0.481 e. The van der Waals surface area contributed by atoms with E-state index < -0.39 is 145 Å². The summed E-state index contributed by atoms with van der Waals surface area (Å²) in [7, 11) is 0. The van der Waals surface area contributed by atoms with Crippen molar-refractivity contribution in [3.63, 3.8) is 0 Å². The molecule has 20 N–H and O–H groups in total. The lowest BCUT2D eigenvalue weighted by Gasteiger charge is -2.28. The first-order valence-electron chi connectivity index (χ1n) is 22.3. The highest BCUT2D eigenvalue weighted by Gasteiger charge is 2.37. The van der Waals surface area contributed by atoms with Crippen molar-refractivity contribution in [2.24, 2.45) is 39.8 Å². The Labute approximate surface area is 399 Å². The molecule has 69 heavy (non-hydrogen) atoms. The van der Waals surface area contributed by atoms with Gasteiger partial charge in [-0.15, -0.1) is 0 Å². The second kappa shape index (κ2) is 32.1. The number of unbranched alkanes of at least 4 members (excludes halogenated alkanes) is 1. The number of carbonyl (C=O) groups is 11. The molecule has 0 fully saturated rings. The highest BCUT2D eigenvalue weighted by Crippen LogP contribution is 2.11. The van der Waals surface area contributed by atoms with Gasteiger partial charge in [0, 0.05) is 13.5 Å². The number of guanidine groups is 1. The number of carbonyl (C=O) groups excluding carboxylic acids is 9. The largest absolute Gasteiger partial charge is 0.481 e. The lowest BCUT2D eigenvalue weighted by atomic mass is 10.0. The fraction of sp³-hybridized carbons (Fsp3) is 0.707. The van der Waals surface area contributed by atoms with Gasteiger partial charge >= 0.3 is 11.9 Å². The van der Waals surface area contributed by atoms with E-state index in [1.165, 1.54) is 0 Å². The molecule has 0 aromatic rings. The van der Waals surface area contributed by atoms with Crippen molar-refractivity contribution < 1.29 is 73.2 Å². The van der Waals surface area contributed by atoms with E-state index in [9.17, 15) is 73.2 Å². The molecule has 0 aromatic carbocycles. The van der Waals surface area contributed by atoms with Gasteiger partial charge in [-0.25, -0.2) is 0 Å². The number of rotatable bonds is 34. The van der Waals surface area contributed by atoms with Crippen molar-refractivity contribution in [3.05, 3.63) is 0 Å². The van der Waals surface area contributed by atoms with Crippen LogP contribution in [0.1, 0.15) is 99.3 Å². The van der Waals surface area contributed by atoms with Crippen LogP contribution in [0.5, 0.6) is 0 Å². The van der Waals surface area contributed by atoms with Gasteiger partial charge in [-0.05, 0) is 70.3 Å². The normalized spacial score (nSPS) is 14.9. The zero-order chi connectivity index (χ0) is 53.1. The van der Waals surface area contributed by atoms with E-state index in [1.54, 1.807) is 27.7 Å². The number of nitrogens with zero attached hydrogens (tertiary/aromatic N) is 1. The van der Waals surface area contributed by atoms with Gasteiger partial charge < -0.3 is 85.9 Å². The highest BCUT2D eigenvalue weighted by molar-refractivity contribution is 5.99. The summed E-state index contributed by atoms with van der Waals surface area (Å²) in [6.45, 7) is 8.23. The summed E-state index contributed by atoms with van der Waals surface area (Å²) in [5.41, 5.74) is 21.6. The molecule has 0 rings (SSSR count). The molecule has 0 unspecified atom stereocenters. The maximum Gasteiger partial charge on any atom is 0.305 e. The lowest BCUT2D eigenvalue weighted by Crippen LogP contribution is -2.62. The van der Waals surface area contributed by atoms with Crippen LogP contribution in [0.15, 0.2) is 4.99 Å². The number of nitrogens with two attached hydrogens (primary N) is 4. The van der Waals surface area contributed by atoms with Crippen molar-refractivity contribution in [3.8, 4) is 0 Å². The van der Waals surface area contributed by atoms with Crippen LogP contribution in [0.3, 0.4) is 0 Å². The van der Waals surface area contributed by atoms with Gasteiger partial charge in [-0.3, -0.25) is 57.7 Å². The number of hydrogen-bond acceptors (Lipinski definition) is 15. The Morgan fingerprint density at radius 1 is 0.507 bits per heavy atom. The van der Waals surface area contributed by atoms with Crippen LogP contribution in [-0.2, 0) is 52.7 Å². The smallest absolute Gasteiger partial charge is 0.305 e. The average molecular weight is 988 g/mol. The van der Waals surface area contributed by atoms with E-state index in [4.69, 9.17) is 22.9 Å². The van der Waals surface area contributed by atoms with Gasteiger partial charge in [-0.2, -0.15) is 0 Å². The monoisotopic (exact) mass is 988 g/mol. The second-order valence-corrected chi connectivity index (χ2v) is 17.1. The van der Waals surface area contributed by atoms with Crippen LogP contribution in [0.25, 0.3) is 0 Å². The van der Waals surface area contributed by atoms with E-state index in [2.05, 4.69) is 47.5 Å². The Bertz CT molecular complexity index is 1810. The van der Waals surface area contributed by atoms with Crippen molar-refractivity contribution in [2.45, 2.75) is 154 Å². The number of nitrogens with one attached hydrogen (secondary N) is 8. The molecule has 9 amide bonds. The molecule has 9 atom stereocenters. The molecule has 0 radical (unpaired) electrons. The third kappa shape index (κ3) is 25.9. The number of aliphatic hydroxyl groups is 2. The van der Waals surface area contributed by atoms with Gasteiger partial charge in [0.1, 0.15) is 48.3 Å². The zero-order valence-electron chi connectivity index (χ0n) is 39.9. The van der Waals surface area contributed by atoms with Gasteiger partial charge in [0.15, 0.2) is 5.96 Å². The summed E-state index contributed by atoms with van der Waals surface area (Å²) in [6.07, 6.45) is -2.72. The minimum absolute atomic E-state index is 0.0249. The maximum absolute atomic E-state index is 13.8. The number of amides is 9. The van der Waals surface area contributed by atoms with E-state index in [0.29, 0.717) is 19.4 Å². The van der Waals surface area contributed by atoms with Crippen molar-refractivity contribution in [1.29, 1.82) is 0 Å². The van der Waals surface area contributed by atoms with Crippen molar-refractivity contribution >= 4 is 71.1 Å². The summed E-state index contributed by atoms with van der Waals surface area (Å²) in [5, 5.41) is 58.1. The number of hydrogen-bond donors (Lipinski definition) is 16. The zero-order valence-corrected chi connectivity index (χ0v) is 39.9. The first-order valence-corrected chi connectivity index (χ1v) is 22.3. The first-order chi connectivity index (χ1) is 32.1. The Balaban J connectivity index is 6.40.